The van der Waals surface area contributed by atoms with E-state index >= 15 is 0 Å². The summed E-state index contributed by atoms with van der Waals surface area (Å²) in [7, 11) is 1.79. The number of aryl methyl sites for hydroxylation is 1. The first-order chi connectivity index (χ1) is 20.8. The maximum absolute atomic E-state index is 13.3. The van der Waals surface area contributed by atoms with E-state index in [2.05, 4.69) is 20.4 Å². The van der Waals surface area contributed by atoms with Crippen LogP contribution in [0.15, 0.2) is 47.2 Å². The van der Waals surface area contributed by atoms with Crippen LogP contribution in [0.5, 0.6) is 0 Å². The molecule has 43 heavy (non-hydrogen) atoms. The van der Waals surface area contributed by atoms with Crippen LogP contribution in [0, 0.1) is 0 Å². The summed E-state index contributed by atoms with van der Waals surface area (Å²) in [6, 6.07) is 8.87. The minimum absolute atomic E-state index is 0.0953. The van der Waals surface area contributed by atoms with Crippen molar-refractivity contribution in [2.24, 2.45) is 7.05 Å². The molecule has 1 unspecified atom stereocenters. The van der Waals surface area contributed by atoms with Gasteiger partial charge in [0.25, 0.3) is 11.8 Å². The molecule has 0 saturated carbocycles. The van der Waals surface area contributed by atoms with Gasteiger partial charge < -0.3 is 18.9 Å². The second-order valence-electron chi connectivity index (χ2n) is 11.0. The van der Waals surface area contributed by atoms with E-state index in [9.17, 15) is 9.59 Å². The second-order valence-corrected chi connectivity index (χ2v) is 12.2. The zero-order valence-electron chi connectivity index (χ0n) is 23.6. The van der Waals surface area contributed by atoms with Gasteiger partial charge in [-0.1, -0.05) is 51.2 Å². The number of aromatic nitrogens is 5. The lowest BCUT2D eigenvalue weighted by Gasteiger charge is -2.31. The summed E-state index contributed by atoms with van der Waals surface area (Å²) in [4.78, 5) is 32.1. The van der Waals surface area contributed by atoms with Crippen molar-refractivity contribution in [3.05, 3.63) is 74.9 Å². The van der Waals surface area contributed by atoms with Gasteiger partial charge >= 0.3 is 0 Å². The lowest BCUT2D eigenvalue weighted by molar-refractivity contribution is 0.0708. The molecule has 11 nitrogen and oxygen atoms in total. The molecular weight excluding hydrogens is 615 g/mol. The molecule has 14 heteroatoms. The standard InChI is InChI=1S/C29H31Cl3N8O3/c1-36-15-19(30)13-26(36)29(42)39-10-4-9-38(11-12-39)28(41)24-14-21(43-34-24)17-37-8-3-5-20(16-37)40-18-25(33-35-40)27-22(31)6-2-7-23(27)32/h2,6-7,13-15,18,20H,3-5,8-12,16-17H2,1H3. The molecule has 2 aliphatic heterocycles. The number of amides is 2. The fraction of sp³-hybridized carbons (Fsp3) is 0.414. The maximum atomic E-state index is 13.3. The molecular formula is C29H31Cl3N8O3. The third kappa shape index (κ3) is 6.45. The molecule has 1 atom stereocenters. The largest absolute Gasteiger partial charge is 0.359 e. The SMILES string of the molecule is Cn1cc(Cl)cc1C(=O)N1CCCN(C(=O)c2cc(CN3CCCC(n4cc(-c5c(Cl)cccc5Cl)nn4)C3)on2)CC1. The number of piperidine rings is 1. The van der Waals surface area contributed by atoms with Crippen molar-refractivity contribution in [1.82, 2.24) is 39.4 Å². The minimum Gasteiger partial charge on any atom is -0.359 e. The Bertz CT molecular complexity index is 1610. The van der Waals surface area contributed by atoms with E-state index in [0.717, 1.165) is 25.9 Å². The zero-order valence-corrected chi connectivity index (χ0v) is 25.9. The van der Waals surface area contributed by atoms with Crippen molar-refractivity contribution in [2.45, 2.75) is 31.8 Å². The Balaban J connectivity index is 1.05. The average molecular weight is 646 g/mol. The molecule has 1 aromatic carbocycles. The molecule has 2 amide bonds. The Morgan fingerprint density at radius 2 is 1.70 bits per heavy atom. The van der Waals surface area contributed by atoms with Crippen LogP contribution in [-0.2, 0) is 13.6 Å². The molecule has 5 heterocycles. The van der Waals surface area contributed by atoms with Crippen molar-refractivity contribution < 1.29 is 14.1 Å². The van der Waals surface area contributed by atoms with Crippen molar-refractivity contribution in [2.75, 3.05) is 39.3 Å². The Labute approximate surface area is 263 Å². The molecule has 2 aliphatic rings. The van der Waals surface area contributed by atoms with E-state index in [-0.39, 0.29) is 23.6 Å². The lowest BCUT2D eigenvalue weighted by atomic mass is 10.1. The monoisotopic (exact) mass is 644 g/mol. The summed E-state index contributed by atoms with van der Waals surface area (Å²) in [5, 5.41) is 14.4. The molecule has 2 saturated heterocycles. The Morgan fingerprint density at radius 1 is 0.953 bits per heavy atom. The predicted molar refractivity (Wildman–Crippen MR) is 162 cm³/mol. The minimum atomic E-state index is -0.198. The van der Waals surface area contributed by atoms with Gasteiger partial charge in [0.2, 0.25) is 0 Å². The topological polar surface area (TPSA) is 106 Å². The molecule has 0 aliphatic carbocycles. The summed E-state index contributed by atoms with van der Waals surface area (Å²) in [6.07, 6.45) is 6.20. The summed E-state index contributed by atoms with van der Waals surface area (Å²) >= 11 is 18.8. The highest BCUT2D eigenvalue weighted by Crippen LogP contribution is 2.34. The second kappa shape index (κ2) is 12.7. The van der Waals surface area contributed by atoms with Gasteiger partial charge in [-0.25, -0.2) is 4.68 Å². The van der Waals surface area contributed by atoms with Crippen LogP contribution in [0.25, 0.3) is 11.3 Å². The van der Waals surface area contributed by atoms with Crippen molar-refractivity contribution >= 4 is 46.6 Å². The Morgan fingerprint density at radius 3 is 2.42 bits per heavy atom. The van der Waals surface area contributed by atoms with E-state index in [1.54, 1.807) is 57.9 Å². The van der Waals surface area contributed by atoms with Gasteiger partial charge in [0, 0.05) is 57.6 Å². The molecule has 4 aromatic rings. The highest BCUT2D eigenvalue weighted by molar-refractivity contribution is 6.39. The van der Waals surface area contributed by atoms with E-state index in [1.165, 1.54) is 0 Å². The third-order valence-corrected chi connectivity index (χ3v) is 8.84. The van der Waals surface area contributed by atoms with Crippen LogP contribution < -0.4 is 0 Å². The van der Waals surface area contributed by atoms with Crippen LogP contribution in [0.3, 0.4) is 0 Å². The predicted octanol–water partition coefficient (Wildman–Crippen LogP) is 5.06. The van der Waals surface area contributed by atoms with Crippen LogP contribution in [-0.4, -0.2) is 90.5 Å². The first-order valence-corrected chi connectivity index (χ1v) is 15.3. The van der Waals surface area contributed by atoms with Gasteiger partial charge in [-0.2, -0.15) is 0 Å². The molecule has 2 fully saturated rings. The molecule has 0 bridgehead atoms. The molecule has 226 valence electrons. The number of nitrogens with zero attached hydrogens (tertiary/aromatic N) is 8. The molecule has 6 rings (SSSR count). The van der Waals surface area contributed by atoms with Gasteiger partial charge in [0.15, 0.2) is 11.5 Å². The molecule has 3 aromatic heterocycles. The first kappa shape index (κ1) is 29.7. The number of rotatable bonds is 6. The van der Waals surface area contributed by atoms with Crippen LogP contribution in [0.2, 0.25) is 15.1 Å². The molecule has 0 radical (unpaired) electrons. The van der Waals surface area contributed by atoms with Gasteiger partial charge in [-0.3, -0.25) is 14.5 Å². The fourth-order valence-electron chi connectivity index (χ4n) is 5.80. The van der Waals surface area contributed by atoms with Gasteiger partial charge in [-0.15, -0.1) is 5.10 Å². The highest BCUT2D eigenvalue weighted by Gasteiger charge is 2.28. The Kier molecular flexibility index (Phi) is 8.76. The normalized spacial score (nSPS) is 18.2. The summed E-state index contributed by atoms with van der Waals surface area (Å²) in [5.41, 5.74) is 2.11. The lowest BCUT2D eigenvalue weighted by Crippen LogP contribution is -2.38. The molecule has 0 N–H and O–H groups in total. The van der Waals surface area contributed by atoms with Crippen molar-refractivity contribution in [3.63, 3.8) is 0 Å². The van der Waals surface area contributed by atoms with Crippen molar-refractivity contribution in [3.8, 4) is 11.3 Å². The van der Waals surface area contributed by atoms with Crippen LogP contribution >= 0.6 is 34.8 Å². The average Bonchev–Trinajstić information content (AvgIpc) is 3.69. The number of halogens is 3. The number of hydrogen-bond donors (Lipinski definition) is 0. The highest BCUT2D eigenvalue weighted by atomic mass is 35.5. The third-order valence-electron chi connectivity index (χ3n) is 8.00. The number of likely N-dealkylation sites (tertiary alicyclic amines) is 1. The van der Waals surface area contributed by atoms with Gasteiger partial charge in [0.05, 0.1) is 33.9 Å². The van der Waals surface area contributed by atoms with Crippen molar-refractivity contribution in [1.29, 1.82) is 0 Å². The fourth-order valence-corrected chi connectivity index (χ4v) is 6.64. The summed E-state index contributed by atoms with van der Waals surface area (Å²) in [6.45, 7) is 4.09. The quantitative estimate of drug-likeness (QED) is 0.289. The summed E-state index contributed by atoms with van der Waals surface area (Å²) < 4.78 is 9.18. The van der Waals surface area contributed by atoms with Crippen LogP contribution in [0.4, 0.5) is 0 Å². The molecule has 0 spiro atoms. The zero-order chi connectivity index (χ0) is 30.1. The maximum Gasteiger partial charge on any atom is 0.276 e. The van der Waals surface area contributed by atoms with E-state index < -0.39 is 0 Å². The van der Waals surface area contributed by atoms with E-state index in [4.69, 9.17) is 39.3 Å². The van der Waals surface area contributed by atoms with E-state index in [1.807, 2.05) is 10.9 Å². The number of carbonyl (C=O) groups excluding carboxylic acids is 2. The van der Waals surface area contributed by atoms with Crippen LogP contribution in [0.1, 0.15) is 52.0 Å². The summed E-state index contributed by atoms with van der Waals surface area (Å²) in [5.74, 6) is 0.330. The van der Waals surface area contributed by atoms with Gasteiger partial charge in [0.1, 0.15) is 11.4 Å². The first-order valence-electron chi connectivity index (χ1n) is 14.2. The van der Waals surface area contributed by atoms with Gasteiger partial charge in [-0.05, 0) is 44.0 Å². The number of benzene rings is 1. The smallest absolute Gasteiger partial charge is 0.276 e. The number of carbonyl (C=O) groups is 2. The van der Waals surface area contributed by atoms with E-state index in [0.29, 0.717) is 76.9 Å². The Hall–Kier alpha value is -3.38. The number of hydrogen-bond acceptors (Lipinski definition) is 7.